The lowest BCUT2D eigenvalue weighted by atomic mass is 10.4. The van der Waals surface area contributed by atoms with Crippen LogP contribution in [0.15, 0.2) is 29.2 Å². The summed E-state index contributed by atoms with van der Waals surface area (Å²) in [5.74, 6) is 0. The first-order valence-corrected chi connectivity index (χ1v) is 6.70. The van der Waals surface area contributed by atoms with Gasteiger partial charge in [-0.2, -0.15) is 4.31 Å². The number of benzene rings is 1. The predicted octanol–water partition coefficient (Wildman–Crippen LogP) is 1.34. The monoisotopic (exact) mass is 263 g/mol. The lowest BCUT2D eigenvalue weighted by Crippen LogP contribution is -2.33. The van der Waals surface area contributed by atoms with Crippen LogP contribution in [0.25, 0.3) is 0 Å². The molecule has 1 rings (SSSR count). The molecule has 0 bridgehead atoms. The van der Waals surface area contributed by atoms with Crippen molar-refractivity contribution in [3.05, 3.63) is 29.3 Å². The largest absolute Gasteiger partial charge is 0.395 e. The van der Waals surface area contributed by atoms with Gasteiger partial charge in [0.15, 0.2) is 0 Å². The molecule has 6 heteroatoms. The quantitative estimate of drug-likeness (QED) is 0.872. The van der Waals surface area contributed by atoms with Crippen molar-refractivity contribution in [2.24, 2.45) is 0 Å². The molecule has 1 aromatic carbocycles. The van der Waals surface area contributed by atoms with E-state index in [9.17, 15) is 8.42 Å². The highest BCUT2D eigenvalue weighted by molar-refractivity contribution is 7.89. The predicted molar refractivity (Wildman–Crippen MR) is 63.0 cm³/mol. The second kappa shape index (κ2) is 5.63. The Hall–Kier alpha value is -0.620. The van der Waals surface area contributed by atoms with Crippen LogP contribution in [-0.2, 0) is 10.0 Å². The second-order valence-corrected chi connectivity index (χ2v) is 5.55. The van der Waals surface area contributed by atoms with Crippen molar-refractivity contribution in [1.29, 1.82) is 0 Å². The first-order valence-electron chi connectivity index (χ1n) is 4.89. The summed E-state index contributed by atoms with van der Waals surface area (Å²) >= 11 is 5.69. The van der Waals surface area contributed by atoms with Crippen LogP contribution in [0.4, 0.5) is 0 Å². The van der Waals surface area contributed by atoms with E-state index in [0.717, 1.165) is 0 Å². The fourth-order valence-electron chi connectivity index (χ4n) is 1.32. The minimum Gasteiger partial charge on any atom is -0.395 e. The summed E-state index contributed by atoms with van der Waals surface area (Å²) in [6.45, 7) is 1.96. The molecule has 0 fully saturated rings. The van der Waals surface area contributed by atoms with Gasteiger partial charge in [0.05, 0.1) is 11.5 Å². The standard InChI is InChI=1S/C10H14ClNO3S/c1-2-12(7-8-13)16(14,15)10-5-3-9(11)4-6-10/h3-6,13H,2,7-8H2,1H3. The topological polar surface area (TPSA) is 57.6 Å². The summed E-state index contributed by atoms with van der Waals surface area (Å²) in [5.41, 5.74) is 0. The SMILES string of the molecule is CCN(CCO)S(=O)(=O)c1ccc(Cl)cc1. The van der Waals surface area contributed by atoms with E-state index in [1.807, 2.05) is 0 Å². The number of rotatable bonds is 5. The van der Waals surface area contributed by atoms with Crippen molar-refractivity contribution >= 4 is 21.6 Å². The van der Waals surface area contributed by atoms with E-state index >= 15 is 0 Å². The molecular formula is C10H14ClNO3S. The van der Waals surface area contributed by atoms with Gasteiger partial charge >= 0.3 is 0 Å². The zero-order valence-electron chi connectivity index (χ0n) is 8.93. The van der Waals surface area contributed by atoms with Crippen LogP contribution >= 0.6 is 11.6 Å². The van der Waals surface area contributed by atoms with Crippen molar-refractivity contribution < 1.29 is 13.5 Å². The van der Waals surface area contributed by atoms with Crippen LogP contribution in [0, 0.1) is 0 Å². The first kappa shape index (κ1) is 13.4. The third kappa shape index (κ3) is 2.95. The number of hydrogen-bond acceptors (Lipinski definition) is 3. The van der Waals surface area contributed by atoms with Crippen LogP contribution in [0.2, 0.25) is 5.02 Å². The molecule has 0 aliphatic rings. The minimum absolute atomic E-state index is 0.0987. The molecule has 0 heterocycles. The lowest BCUT2D eigenvalue weighted by molar-refractivity contribution is 0.257. The van der Waals surface area contributed by atoms with Gasteiger partial charge in [-0.3, -0.25) is 0 Å². The highest BCUT2D eigenvalue weighted by Gasteiger charge is 2.21. The van der Waals surface area contributed by atoms with Gasteiger partial charge in [-0.15, -0.1) is 0 Å². The highest BCUT2D eigenvalue weighted by atomic mass is 35.5. The minimum atomic E-state index is -3.52. The molecule has 0 radical (unpaired) electrons. The van der Waals surface area contributed by atoms with E-state index < -0.39 is 10.0 Å². The maximum Gasteiger partial charge on any atom is 0.243 e. The molecule has 0 aliphatic heterocycles. The Morgan fingerprint density at radius 3 is 2.31 bits per heavy atom. The van der Waals surface area contributed by atoms with E-state index in [2.05, 4.69) is 0 Å². The van der Waals surface area contributed by atoms with Crippen LogP contribution in [-0.4, -0.2) is 37.5 Å². The van der Waals surface area contributed by atoms with Gasteiger partial charge in [-0.1, -0.05) is 18.5 Å². The number of aliphatic hydroxyl groups excluding tert-OH is 1. The van der Waals surface area contributed by atoms with Gasteiger partial charge in [0, 0.05) is 18.1 Å². The van der Waals surface area contributed by atoms with Gasteiger partial charge in [0.1, 0.15) is 0 Å². The summed E-state index contributed by atoms with van der Waals surface area (Å²) in [7, 11) is -3.52. The van der Waals surface area contributed by atoms with Crippen LogP contribution < -0.4 is 0 Å². The Morgan fingerprint density at radius 1 is 1.31 bits per heavy atom. The molecule has 1 aromatic rings. The average molecular weight is 264 g/mol. The number of sulfonamides is 1. The Bertz CT molecular complexity index is 430. The fraction of sp³-hybridized carbons (Fsp3) is 0.400. The molecule has 0 amide bonds. The maximum atomic E-state index is 12.0. The van der Waals surface area contributed by atoms with Crippen molar-refractivity contribution in [2.45, 2.75) is 11.8 Å². The molecule has 90 valence electrons. The molecule has 0 atom stereocenters. The number of nitrogens with zero attached hydrogens (tertiary/aromatic N) is 1. The molecule has 0 spiro atoms. The van der Waals surface area contributed by atoms with Crippen molar-refractivity contribution in [3.8, 4) is 0 Å². The van der Waals surface area contributed by atoms with Gasteiger partial charge in [0.2, 0.25) is 10.0 Å². The van der Waals surface area contributed by atoms with Crippen LogP contribution in [0.1, 0.15) is 6.92 Å². The molecule has 0 aromatic heterocycles. The van der Waals surface area contributed by atoms with E-state index in [1.165, 1.54) is 28.6 Å². The maximum absolute atomic E-state index is 12.0. The van der Waals surface area contributed by atoms with Crippen LogP contribution in [0.3, 0.4) is 0 Å². The second-order valence-electron chi connectivity index (χ2n) is 3.17. The van der Waals surface area contributed by atoms with Crippen LogP contribution in [0.5, 0.6) is 0 Å². The number of halogens is 1. The van der Waals surface area contributed by atoms with E-state index in [-0.39, 0.29) is 18.0 Å². The van der Waals surface area contributed by atoms with Crippen molar-refractivity contribution in [2.75, 3.05) is 19.7 Å². The first-order chi connectivity index (χ1) is 7.52. The fourth-order valence-corrected chi connectivity index (χ4v) is 2.88. The summed E-state index contributed by atoms with van der Waals surface area (Å²) in [5, 5.41) is 9.28. The molecular weight excluding hydrogens is 250 g/mol. The zero-order chi connectivity index (χ0) is 12.2. The molecule has 0 aliphatic carbocycles. The molecule has 0 saturated heterocycles. The number of hydrogen-bond donors (Lipinski definition) is 1. The third-order valence-electron chi connectivity index (χ3n) is 2.15. The molecule has 0 unspecified atom stereocenters. The molecule has 1 N–H and O–H groups in total. The number of aliphatic hydroxyl groups is 1. The molecule has 0 saturated carbocycles. The Kier molecular flexibility index (Phi) is 4.73. The van der Waals surface area contributed by atoms with Crippen molar-refractivity contribution in [3.63, 3.8) is 0 Å². The van der Waals surface area contributed by atoms with Gasteiger partial charge in [-0.05, 0) is 24.3 Å². The third-order valence-corrected chi connectivity index (χ3v) is 4.39. The number of likely N-dealkylation sites (N-methyl/N-ethyl adjacent to an activating group) is 1. The summed E-state index contributed by atoms with van der Waals surface area (Å²) in [6.07, 6.45) is 0. The van der Waals surface area contributed by atoms with E-state index in [0.29, 0.717) is 11.6 Å². The van der Waals surface area contributed by atoms with Crippen molar-refractivity contribution in [1.82, 2.24) is 4.31 Å². The Balaban J connectivity index is 3.04. The van der Waals surface area contributed by atoms with E-state index in [1.54, 1.807) is 6.92 Å². The Labute approximate surface area is 101 Å². The zero-order valence-corrected chi connectivity index (χ0v) is 10.5. The van der Waals surface area contributed by atoms with Gasteiger partial charge < -0.3 is 5.11 Å². The summed E-state index contributed by atoms with van der Waals surface area (Å²) in [4.78, 5) is 0.187. The summed E-state index contributed by atoms with van der Waals surface area (Å²) < 4.78 is 25.3. The molecule has 4 nitrogen and oxygen atoms in total. The highest BCUT2D eigenvalue weighted by Crippen LogP contribution is 2.17. The lowest BCUT2D eigenvalue weighted by Gasteiger charge is -2.19. The molecule has 16 heavy (non-hydrogen) atoms. The Morgan fingerprint density at radius 2 is 1.88 bits per heavy atom. The average Bonchev–Trinajstić information content (AvgIpc) is 2.26. The smallest absolute Gasteiger partial charge is 0.243 e. The summed E-state index contributed by atoms with van der Waals surface area (Å²) in [6, 6.07) is 5.97. The normalized spacial score (nSPS) is 12.0. The van der Waals surface area contributed by atoms with Gasteiger partial charge in [0.25, 0.3) is 0 Å². The van der Waals surface area contributed by atoms with Gasteiger partial charge in [-0.25, -0.2) is 8.42 Å². The van der Waals surface area contributed by atoms with E-state index in [4.69, 9.17) is 16.7 Å².